The van der Waals surface area contributed by atoms with Crippen molar-refractivity contribution in [2.45, 2.75) is 24.4 Å². The van der Waals surface area contributed by atoms with Crippen LogP contribution < -0.4 is 0 Å². The molecule has 4 atom stereocenters. The van der Waals surface area contributed by atoms with Crippen molar-refractivity contribution in [2.24, 2.45) is 0 Å². The molecule has 0 spiro atoms. The number of hydrogen-bond donors (Lipinski definition) is 5. The molecule has 2 heterocycles. The summed E-state index contributed by atoms with van der Waals surface area (Å²) in [5.74, 6) is 0. The summed E-state index contributed by atoms with van der Waals surface area (Å²) >= 11 is 0. The van der Waals surface area contributed by atoms with Gasteiger partial charge in [-0.25, -0.2) is 0 Å². The Morgan fingerprint density at radius 2 is 0.909 bits per heavy atom. The first-order valence-electron chi connectivity index (χ1n) is 5.08. The Bertz CT molecular complexity index is 307. The molecule has 16 nitrogen and oxygen atoms in total. The Labute approximate surface area is 120 Å². The molecule has 0 bridgehead atoms. The van der Waals surface area contributed by atoms with Crippen LogP contribution in [-0.4, -0.2) is 78.7 Å². The monoisotopic (exact) mass is 335 g/mol. The van der Waals surface area contributed by atoms with E-state index in [2.05, 4.69) is 0 Å². The molecule has 0 saturated carbocycles. The Balaban J connectivity index is 0. The maximum absolute atomic E-state index is 9.16. The van der Waals surface area contributed by atoms with Crippen molar-refractivity contribution in [1.82, 2.24) is 0 Å². The lowest BCUT2D eigenvalue weighted by Gasteiger charge is -2.09. The van der Waals surface area contributed by atoms with Crippen molar-refractivity contribution in [3.8, 4) is 0 Å². The predicted octanol–water partition coefficient (Wildman–Crippen LogP) is -2.54. The van der Waals surface area contributed by atoms with E-state index < -0.39 is 27.5 Å². The average molecular weight is 335 g/mol. The minimum absolute atomic E-state index is 0.284. The molecule has 2 rings (SSSR count). The quantitative estimate of drug-likeness (QED) is 0.226. The second-order valence-electron chi connectivity index (χ2n) is 3.44. The van der Waals surface area contributed by atoms with Gasteiger partial charge in [0.1, 0.15) is 24.4 Å². The van der Waals surface area contributed by atoms with E-state index in [-0.39, 0.29) is 25.4 Å². The van der Waals surface area contributed by atoms with E-state index in [9.17, 15) is 0 Å². The van der Waals surface area contributed by atoms with E-state index in [0.29, 0.717) is 0 Å². The summed E-state index contributed by atoms with van der Waals surface area (Å²) < 4.78 is 10.2. The smallest absolute Gasteiger partial charge is 0.291 e. The molecule has 16 heteroatoms. The lowest BCUT2D eigenvalue weighted by Crippen LogP contribution is -2.30. The molecule has 130 valence electrons. The predicted molar refractivity (Wildman–Crippen MR) is 57.8 cm³/mol. The van der Waals surface area contributed by atoms with Crippen molar-refractivity contribution in [1.29, 1.82) is 0 Å². The van der Waals surface area contributed by atoms with Crippen LogP contribution >= 0.6 is 0 Å². The molecule has 0 amide bonds. The second kappa shape index (κ2) is 11.1. The summed E-state index contributed by atoms with van der Waals surface area (Å²) in [4.78, 5) is 25.1. The van der Waals surface area contributed by atoms with Crippen molar-refractivity contribution >= 4 is 0 Å². The van der Waals surface area contributed by atoms with Gasteiger partial charge in [0.15, 0.2) is 0 Å². The lowest BCUT2D eigenvalue weighted by atomic mass is 10.1. The summed E-state index contributed by atoms with van der Waals surface area (Å²) in [5.41, 5.74) is 0. The number of fused-ring (bicyclic) bond motifs is 1. The van der Waals surface area contributed by atoms with Crippen LogP contribution in [0.2, 0.25) is 0 Å². The molecule has 0 aliphatic carbocycles. The maximum Gasteiger partial charge on any atom is 0.291 e. The van der Waals surface area contributed by atoms with Gasteiger partial charge in [-0.2, -0.15) is 0 Å². The zero-order chi connectivity index (χ0) is 17.9. The van der Waals surface area contributed by atoms with Crippen molar-refractivity contribution in [3.05, 3.63) is 30.3 Å². The highest BCUT2D eigenvalue weighted by atomic mass is 16.9. The van der Waals surface area contributed by atoms with E-state index in [1.54, 1.807) is 0 Å². The van der Waals surface area contributed by atoms with Crippen LogP contribution in [0.25, 0.3) is 0 Å². The summed E-state index contributed by atoms with van der Waals surface area (Å²) in [5, 5.41) is 59.2. The van der Waals surface area contributed by atoms with Gasteiger partial charge in [0.05, 0.1) is 13.2 Å². The van der Waals surface area contributed by atoms with E-state index in [0.717, 1.165) is 0 Å². The molecule has 2 fully saturated rings. The third-order valence-corrected chi connectivity index (χ3v) is 2.00. The lowest BCUT2D eigenvalue weighted by molar-refractivity contribution is -0.742. The minimum atomic E-state index is -1.50. The molecule has 0 unspecified atom stereocenters. The first-order chi connectivity index (χ1) is 9.98. The summed E-state index contributed by atoms with van der Waals surface area (Å²) in [6, 6.07) is 0. The van der Waals surface area contributed by atoms with Gasteiger partial charge in [0.25, 0.3) is 15.3 Å². The van der Waals surface area contributed by atoms with Crippen LogP contribution in [0.5, 0.6) is 0 Å². The van der Waals surface area contributed by atoms with Gasteiger partial charge in [0.2, 0.25) is 0 Å². The molecular weight excluding hydrogens is 322 g/mol. The highest BCUT2D eigenvalue weighted by molar-refractivity contribution is 4.93. The molecule has 0 radical (unpaired) electrons. The Morgan fingerprint density at radius 1 is 0.727 bits per heavy atom. The molecule has 2 saturated heterocycles. The topological polar surface area (TPSA) is 249 Å². The third kappa shape index (κ3) is 12.5. The highest BCUT2D eigenvalue weighted by Crippen LogP contribution is 2.26. The fourth-order valence-corrected chi connectivity index (χ4v) is 1.46. The van der Waals surface area contributed by atoms with Gasteiger partial charge in [-0.15, -0.1) is 30.3 Å². The number of rotatable bonds is 0. The summed E-state index contributed by atoms with van der Waals surface area (Å²) in [6.45, 7) is 0.568. The van der Waals surface area contributed by atoms with E-state index in [1.807, 2.05) is 0 Å². The normalized spacial score (nSPS) is 27.5. The van der Waals surface area contributed by atoms with E-state index in [1.165, 1.54) is 0 Å². The zero-order valence-electron chi connectivity index (χ0n) is 10.6. The van der Waals surface area contributed by atoms with Crippen LogP contribution in [-0.2, 0) is 9.47 Å². The molecule has 2 aliphatic rings. The van der Waals surface area contributed by atoms with Gasteiger partial charge < -0.3 is 35.3 Å². The average Bonchev–Trinajstić information content (AvgIpc) is 2.82. The Hall–Kier alpha value is -2.56. The summed E-state index contributed by atoms with van der Waals surface area (Å²) in [6.07, 6.45) is -1.70. The minimum Gasteiger partial charge on any atom is -0.388 e. The van der Waals surface area contributed by atoms with Crippen molar-refractivity contribution in [3.63, 3.8) is 0 Å². The van der Waals surface area contributed by atoms with Crippen molar-refractivity contribution in [2.75, 3.05) is 13.2 Å². The van der Waals surface area contributed by atoms with E-state index in [4.69, 9.17) is 65.7 Å². The second-order valence-corrected chi connectivity index (χ2v) is 3.44. The van der Waals surface area contributed by atoms with Gasteiger partial charge in [-0.3, -0.25) is 0 Å². The maximum atomic E-state index is 9.16. The van der Waals surface area contributed by atoms with Gasteiger partial charge in [-0.1, -0.05) is 0 Å². The van der Waals surface area contributed by atoms with Gasteiger partial charge in [-0.05, 0) is 0 Å². The van der Waals surface area contributed by atoms with Gasteiger partial charge >= 0.3 is 0 Å². The number of aliphatic hydroxyl groups excluding tert-OH is 2. The fourth-order valence-electron chi connectivity index (χ4n) is 1.46. The fraction of sp³-hybridized carbons (Fsp3) is 1.00. The largest absolute Gasteiger partial charge is 0.388 e. The Kier molecular flexibility index (Phi) is 11.0. The first-order valence-corrected chi connectivity index (χ1v) is 5.08. The number of hydrogen-bond acceptors (Lipinski definition) is 10. The molecule has 2 aliphatic heterocycles. The molecule has 0 aromatic heterocycles. The van der Waals surface area contributed by atoms with Crippen LogP contribution in [0, 0.1) is 30.3 Å². The molecule has 0 aromatic carbocycles. The molecule has 5 N–H and O–H groups in total. The van der Waals surface area contributed by atoms with Crippen LogP contribution in [0.4, 0.5) is 0 Å². The molecular formula is C6H13N3O13. The van der Waals surface area contributed by atoms with Crippen LogP contribution in [0.15, 0.2) is 0 Å². The third-order valence-electron chi connectivity index (χ3n) is 2.00. The van der Waals surface area contributed by atoms with E-state index >= 15 is 0 Å². The van der Waals surface area contributed by atoms with Crippen molar-refractivity contribution < 1.29 is 50.6 Å². The SMILES string of the molecule is O=[N+]([O-])O.O=[N+]([O-])O.O=[N+]([O-])O.O[C@@H]1CO[C@H]2[C@@H]1OC[C@@H]2O. The standard InChI is InChI=1S/C6H10O4.3HNO3/c7-3-1-9-6-4(8)2-10-5(3)6;3*2-1(3)4/h3-8H,1-2H2;3*(H,2,3,4)/t3-,4+,5-,6-;;;/m1.../s1. The molecule has 22 heavy (non-hydrogen) atoms. The number of nitrogens with zero attached hydrogens (tertiary/aromatic N) is 3. The summed E-state index contributed by atoms with van der Waals surface area (Å²) in [7, 11) is 0. The Morgan fingerprint density at radius 3 is 1.09 bits per heavy atom. The number of aliphatic hydroxyl groups is 2. The number of ether oxygens (including phenoxy) is 2. The van der Waals surface area contributed by atoms with Gasteiger partial charge in [0, 0.05) is 0 Å². The van der Waals surface area contributed by atoms with Crippen LogP contribution in [0.3, 0.4) is 0 Å². The highest BCUT2D eigenvalue weighted by Gasteiger charge is 2.46. The van der Waals surface area contributed by atoms with Crippen LogP contribution in [0.1, 0.15) is 0 Å². The first kappa shape index (κ1) is 21.7. The zero-order valence-corrected chi connectivity index (χ0v) is 10.6. The molecule has 0 aromatic rings.